The van der Waals surface area contributed by atoms with Crippen molar-refractivity contribution < 1.29 is 14.7 Å². The number of fused-ring (bicyclic) bond motifs is 1. The van der Waals surface area contributed by atoms with E-state index >= 15 is 0 Å². The molecule has 4 nitrogen and oxygen atoms in total. The highest BCUT2D eigenvalue weighted by atomic mass is 16.4. The summed E-state index contributed by atoms with van der Waals surface area (Å²) in [7, 11) is 0. The van der Waals surface area contributed by atoms with Crippen molar-refractivity contribution in [2.24, 2.45) is 0 Å². The van der Waals surface area contributed by atoms with E-state index in [0.29, 0.717) is 5.56 Å². The number of hydrogen-bond acceptors (Lipinski definition) is 2. The van der Waals surface area contributed by atoms with Crippen molar-refractivity contribution in [1.29, 1.82) is 0 Å². The molecule has 1 aromatic heterocycles. The quantitative estimate of drug-likeness (QED) is 0.833. The second-order valence-corrected chi connectivity index (χ2v) is 7.46. The second-order valence-electron chi connectivity index (χ2n) is 7.46. The molecule has 1 N–H and O–H groups in total. The minimum Gasteiger partial charge on any atom is -0.478 e. The molecule has 0 aliphatic heterocycles. The van der Waals surface area contributed by atoms with E-state index in [2.05, 4.69) is 39.2 Å². The molecular formula is C19H25NO3. The van der Waals surface area contributed by atoms with Crippen molar-refractivity contribution in [2.75, 3.05) is 0 Å². The molecular weight excluding hydrogens is 290 g/mol. The van der Waals surface area contributed by atoms with Crippen LogP contribution in [0.3, 0.4) is 0 Å². The van der Waals surface area contributed by atoms with Crippen molar-refractivity contribution >= 4 is 22.7 Å². The Labute approximate surface area is 137 Å². The van der Waals surface area contributed by atoms with Gasteiger partial charge < -0.3 is 9.67 Å². The van der Waals surface area contributed by atoms with Crippen LogP contribution in [0, 0.1) is 6.92 Å². The number of rotatable bonds is 3. The van der Waals surface area contributed by atoms with Gasteiger partial charge in [0.1, 0.15) is 0 Å². The maximum atomic E-state index is 12.2. The largest absolute Gasteiger partial charge is 0.478 e. The van der Waals surface area contributed by atoms with Gasteiger partial charge in [0.2, 0.25) is 0 Å². The van der Waals surface area contributed by atoms with Crippen molar-refractivity contribution in [2.45, 2.75) is 59.9 Å². The van der Waals surface area contributed by atoms with Crippen molar-refractivity contribution in [3.05, 3.63) is 34.5 Å². The molecule has 0 fully saturated rings. The van der Waals surface area contributed by atoms with Crippen LogP contribution in [0.5, 0.6) is 0 Å². The van der Waals surface area contributed by atoms with Crippen LogP contribution in [0.4, 0.5) is 0 Å². The molecule has 0 radical (unpaired) electrons. The predicted octanol–water partition coefficient (Wildman–Crippen LogP) is 4.73. The molecule has 124 valence electrons. The Kier molecular flexibility index (Phi) is 4.14. The number of benzene rings is 1. The number of ketones is 1. The summed E-state index contributed by atoms with van der Waals surface area (Å²) in [5.74, 6) is -1.00. The lowest BCUT2D eigenvalue weighted by Gasteiger charge is -2.24. The van der Waals surface area contributed by atoms with Gasteiger partial charge >= 0.3 is 5.97 Å². The van der Waals surface area contributed by atoms with Gasteiger partial charge in [-0.2, -0.15) is 0 Å². The van der Waals surface area contributed by atoms with Gasteiger partial charge in [0.05, 0.1) is 11.1 Å². The molecule has 0 spiro atoms. The summed E-state index contributed by atoms with van der Waals surface area (Å²) in [5, 5.41) is 10.2. The maximum Gasteiger partial charge on any atom is 0.335 e. The highest BCUT2D eigenvalue weighted by Gasteiger charge is 2.27. The first kappa shape index (κ1) is 17.3. The molecule has 0 aliphatic carbocycles. The summed E-state index contributed by atoms with van der Waals surface area (Å²) in [6.45, 7) is 13.8. The average molecular weight is 315 g/mol. The van der Waals surface area contributed by atoms with Crippen LogP contribution in [0.1, 0.15) is 79.6 Å². The zero-order valence-electron chi connectivity index (χ0n) is 14.9. The highest BCUT2D eigenvalue weighted by molar-refractivity contribution is 6.11. The summed E-state index contributed by atoms with van der Waals surface area (Å²) >= 11 is 0. The molecule has 1 heterocycles. The summed E-state index contributed by atoms with van der Waals surface area (Å²) in [5.41, 5.74) is 3.45. The number of carboxylic acids is 1. The molecule has 0 saturated heterocycles. The SMILES string of the molecule is CC(=O)c1c(C)n(C(C)C)c2c(C(C)(C)C)cc(C(=O)O)cc12. The first-order valence-corrected chi connectivity index (χ1v) is 7.90. The maximum absolute atomic E-state index is 12.2. The summed E-state index contributed by atoms with van der Waals surface area (Å²) in [6, 6.07) is 3.56. The van der Waals surface area contributed by atoms with Crippen molar-refractivity contribution in [3.8, 4) is 0 Å². The third kappa shape index (κ3) is 2.78. The van der Waals surface area contributed by atoms with Crippen LogP contribution >= 0.6 is 0 Å². The lowest BCUT2D eigenvalue weighted by atomic mass is 9.84. The molecule has 2 rings (SSSR count). The topological polar surface area (TPSA) is 59.3 Å². The number of Topliss-reactive ketones (excluding diaryl/α,β-unsaturated/α-hetero) is 1. The van der Waals surface area contributed by atoms with Gasteiger partial charge in [0.25, 0.3) is 0 Å². The second kappa shape index (κ2) is 5.52. The minimum absolute atomic E-state index is 0.0331. The fraction of sp³-hybridized carbons (Fsp3) is 0.474. The Bertz CT molecular complexity index is 804. The third-order valence-corrected chi connectivity index (χ3v) is 4.27. The zero-order valence-corrected chi connectivity index (χ0v) is 14.9. The van der Waals surface area contributed by atoms with Crippen LogP contribution in [-0.2, 0) is 5.41 Å². The van der Waals surface area contributed by atoms with E-state index in [1.165, 1.54) is 6.92 Å². The Morgan fingerprint density at radius 2 is 1.74 bits per heavy atom. The Morgan fingerprint density at radius 3 is 2.13 bits per heavy atom. The summed E-state index contributed by atoms with van der Waals surface area (Å²) < 4.78 is 2.15. The summed E-state index contributed by atoms with van der Waals surface area (Å²) in [4.78, 5) is 23.7. The van der Waals surface area contributed by atoms with E-state index in [-0.39, 0.29) is 22.8 Å². The molecule has 0 atom stereocenters. The Morgan fingerprint density at radius 1 is 1.17 bits per heavy atom. The number of carboxylic acid groups (broad SMARTS) is 1. The molecule has 0 unspecified atom stereocenters. The smallest absolute Gasteiger partial charge is 0.335 e. The van der Waals surface area contributed by atoms with E-state index in [4.69, 9.17) is 0 Å². The van der Waals surface area contributed by atoms with Gasteiger partial charge in [-0.1, -0.05) is 20.8 Å². The van der Waals surface area contributed by atoms with E-state index < -0.39 is 5.97 Å². The molecule has 0 aliphatic rings. The van der Waals surface area contributed by atoms with Gasteiger partial charge in [-0.05, 0) is 50.8 Å². The van der Waals surface area contributed by atoms with Gasteiger partial charge in [-0.3, -0.25) is 4.79 Å². The lowest BCUT2D eigenvalue weighted by Crippen LogP contribution is -2.16. The van der Waals surface area contributed by atoms with E-state index in [1.807, 2.05) is 6.92 Å². The molecule has 4 heteroatoms. The van der Waals surface area contributed by atoms with E-state index in [0.717, 1.165) is 22.2 Å². The van der Waals surface area contributed by atoms with Crippen LogP contribution in [0.25, 0.3) is 10.9 Å². The van der Waals surface area contributed by atoms with Gasteiger partial charge in [-0.25, -0.2) is 4.79 Å². The van der Waals surface area contributed by atoms with Gasteiger partial charge in [-0.15, -0.1) is 0 Å². The molecule has 0 saturated carbocycles. The summed E-state index contributed by atoms with van der Waals surface area (Å²) in [6.07, 6.45) is 0. The molecule has 0 amide bonds. The van der Waals surface area contributed by atoms with Gasteiger partial charge in [0.15, 0.2) is 5.78 Å². The Hall–Kier alpha value is -2.10. The lowest BCUT2D eigenvalue weighted by molar-refractivity contribution is 0.0696. The number of carbonyl (C=O) groups is 2. The predicted molar refractivity (Wildman–Crippen MR) is 92.7 cm³/mol. The molecule has 1 aromatic carbocycles. The first-order valence-electron chi connectivity index (χ1n) is 7.90. The number of aromatic carboxylic acids is 1. The Balaban J connectivity index is 3.12. The van der Waals surface area contributed by atoms with Crippen LogP contribution in [0.2, 0.25) is 0 Å². The fourth-order valence-corrected chi connectivity index (χ4v) is 3.35. The van der Waals surface area contributed by atoms with E-state index in [9.17, 15) is 14.7 Å². The molecule has 0 bridgehead atoms. The van der Waals surface area contributed by atoms with E-state index in [1.54, 1.807) is 12.1 Å². The van der Waals surface area contributed by atoms with Crippen LogP contribution in [-0.4, -0.2) is 21.4 Å². The van der Waals surface area contributed by atoms with Crippen LogP contribution < -0.4 is 0 Å². The molecule has 2 aromatic rings. The van der Waals surface area contributed by atoms with Gasteiger partial charge in [0, 0.05) is 22.7 Å². The standard InChI is InChI=1S/C19H25NO3/c1-10(2)20-11(3)16(12(4)21)14-8-13(18(22)23)9-15(17(14)20)19(5,6)7/h8-10H,1-7H3,(H,22,23). The normalized spacial score (nSPS) is 12.2. The van der Waals surface area contributed by atoms with Crippen molar-refractivity contribution in [1.82, 2.24) is 4.57 Å². The first-order chi connectivity index (χ1) is 10.5. The number of carbonyl (C=O) groups excluding carboxylic acids is 1. The average Bonchev–Trinajstić information content (AvgIpc) is 2.67. The third-order valence-electron chi connectivity index (χ3n) is 4.27. The number of hydrogen-bond donors (Lipinski definition) is 1. The van der Waals surface area contributed by atoms with Crippen molar-refractivity contribution in [3.63, 3.8) is 0 Å². The number of aromatic nitrogens is 1. The highest BCUT2D eigenvalue weighted by Crippen LogP contribution is 2.38. The van der Waals surface area contributed by atoms with Crippen LogP contribution in [0.15, 0.2) is 12.1 Å². The fourth-order valence-electron chi connectivity index (χ4n) is 3.35. The number of nitrogens with zero attached hydrogens (tertiary/aromatic N) is 1. The minimum atomic E-state index is -0.971. The monoisotopic (exact) mass is 315 g/mol. The molecule has 23 heavy (non-hydrogen) atoms. The zero-order chi connectivity index (χ0) is 17.7.